The van der Waals surface area contributed by atoms with Gasteiger partial charge in [0, 0.05) is 29.9 Å². The molecule has 0 radical (unpaired) electrons. The maximum Gasteiger partial charge on any atom is 0.129 e. The maximum absolute atomic E-state index is 13.6. The van der Waals surface area contributed by atoms with E-state index in [4.69, 9.17) is 16.3 Å². The number of ether oxygens (including phenoxy) is 1. The van der Waals surface area contributed by atoms with E-state index < -0.39 is 0 Å². The Balaban J connectivity index is 2.03. The van der Waals surface area contributed by atoms with E-state index in [1.165, 1.54) is 6.07 Å². The van der Waals surface area contributed by atoms with Crippen LogP contribution in [0.3, 0.4) is 0 Å². The van der Waals surface area contributed by atoms with Crippen LogP contribution in [0.25, 0.3) is 0 Å². The highest BCUT2D eigenvalue weighted by atomic mass is 35.5. The van der Waals surface area contributed by atoms with Gasteiger partial charge in [0.25, 0.3) is 0 Å². The lowest BCUT2D eigenvalue weighted by atomic mass is 10.2. The molecule has 0 saturated carbocycles. The molecule has 0 heterocycles. The molecule has 0 aromatic heterocycles. The summed E-state index contributed by atoms with van der Waals surface area (Å²) in [6, 6.07) is 12.5. The lowest BCUT2D eigenvalue weighted by molar-refractivity contribution is 0.185. The van der Waals surface area contributed by atoms with Gasteiger partial charge in [-0.25, -0.2) is 4.39 Å². The van der Waals surface area contributed by atoms with E-state index in [2.05, 4.69) is 5.32 Å². The lowest BCUT2D eigenvalue weighted by Gasteiger charge is -2.09. The molecule has 2 nitrogen and oxygen atoms in total. The summed E-state index contributed by atoms with van der Waals surface area (Å²) in [6.07, 6.45) is 0. The van der Waals surface area contributed by atoms with Gasteiger partial charge in [-0.1, -0.05) is 29.8 Å². The monoisotopic (exact) mass is 279 g/mol. The molecular formula is C15H15ClFNO. The number of nitrogens with one attached hydrogen (secondary N) is 1. The van der Waals surface area contributed by atoms with Gasteiger partial charge in [-0.3, -0.25) is 0 Å². The Labute approximate surface area is 117 Å². The van der Waals surface area contributed by atoms with Crippen molar-refractivity contribution in [3.05, 3.63) is 64.4 Å². The van der Waals surface area contributed by atoms with Crippen molar-refractivity contribution in [3.63, 3.8) is 0 Å². The number of anilines is 1. The summed E-state index contributed by atoms with van der Waals surface area (Å²) < 4.78 is 18.7. The second-order valence-corrected chi connectivity index (χ2v) is 4.66. The Kier molecular flexibility index (Phi) is 4.77. The van der Waals surface area contributed by atoms with Crippen LogP contribution >= 0.6 is 11.6 Å². The second-order valence-electron chi connectivity index (χ2n) is 4.22. The summed E-state index contributed by atoms with van der Waals surface area (Å²) in [5.41, 5.74) is 2.59. The minimum absolute atomic E-state index is 0.298. The second kappa shape index (κ2) is 6.55. The third-order valence-electron chi connectivity index (χ3n) is 2.74. The summed E-state index contributed by atoms with van der Waals surface area (Å²) >= 11 is 5.72. The molecule has 2 aromatic rings. The number of hydrogen-bond acceptors (Lipinski definition) is 2. The van der Waals surface area contributed by atoms with Crippen LogP contribution in [0.1, 0.15) is 11.1 Å². The summed E-state index contributed by atoms with van der Waals surface area (Å²) in [7, 11) is 1.66. The Morgan fingerprint density at radius 3 is 2.79 bits per heavy atom. The predicted octanol–water partition coefficient (Wildman–Crippen LogP) is 4.24. The Morgan fingerprint density at radius 2 is 2.05 bits per heavy atom. The van der Waals surface area contributed by atoms with E-state index in [0.29, 0.717) is 23.7 Å². The van der Waals surface area contributed by atoms with Gasteiger partial charge < -0.3 is 10.1 Å². The minimum atomic E-state index is -0.298. The molecule has 0 aliphatic carbocycles. The quantitative estimate of drug-likeness (QED) is 0.884. The average Bonchev–Trinajstić information content (AvgIpc) is 2.38. The zero-order valence-electron chi connectivity index (χ0n) is 10.6. The van der Waals surface area contributed by atoms with Crippen LogP contribution < -0.4 is 5.32 Å². The summed E-state index contributed by atoms with van der Waals surface area (Å²) in [4.78, 5) is 0. The Bertz CT molecular complexity index is 560. The van der Waals surface area contributed by atoms with Crippen molar-refractivity contribution in [1.29, 1.82) is 0 Å². The molecule has 0 aliphatic rings. The molecule has 1 N–H and O–H groups in total. The topological polar surface area (TPSA) is 21.3 Å². The first-order valence-electron chi connectivity index (χ1n) is 5.94. The lowest BCUT2D eigenvalue weighted by Crippen LogP contribution is -2.02. The van der Waals surface area contributed by atoms with Crippen LogP contribution in [-0.4, -0.2) is 7.11 Å². The van der Waals surface area contributed by atoms with Crippen molar-refractivity contribution < 1.29 is 9.13 Å². The van der Waals surface area contributed by atoms with Gasteiger partial charge >= 0.3 is 0 Å². The number of hydrogen-bond donors (Lipinski definition) is 1. The maximum atomic E-state index is 13.6. The third kappa shape index (κ3) is 3.94. The van der Waals surface area contributed by atoms with Crippen LogP contribution in [0.15, 0.2) is 42.5 Å². The number of methoxy groups -OCH3 is 1. The van der Waals surface area contributed by atoms with Gasteiger partial charge in [-0.15, -0.1) is 0 Å². The highest BCUT2D eigenvalue weighted by Gasteiger charge is 2.03. The molecule has 0 aliphatic heterocycles. The SMILES string of the molecule is COCc1cccc(NCc2ccc(Cl)cc2F)c1. The molecule has 2 aromatic carbocycles. The van der Waals surface area contributed by atoms with E-state index >= 15 is 0 Å². The van der Waals surface area contributed by atoms with E-state index in [9.17, 15) is 4.39 Å². The standard InChI is InChI=1S/C15H15ClFNO/c1-19-10-11-3-2-4-14(7-11)18-9-12-5-6-13(16)8-15(12)17/h2-8,18H,9-10H2,1H3. The Hall–Kier alpha value is -1.58. The van der Waals surface area contributed by atoms with Crippen molar-refractivity contribution in [2.75, 3.05) is 12.4 Å². The third-order valence-corrected chi connectivity index (χ3v) is 2.97. The van der Waals surface area contributed by atoms with Gasteiger partial charge in [-0.05, 0) is 29.8 Å². The number of halogens is 2. The van der Waals surface area contributed by atoms with Crippen molar-refractivity contribution in [3.8, 4) is 0 Å². The predicted molar refractivity (Wildman–Crippen MR) is 75.9 cm³/mol. The largest absolute Gasteiger partial charge is 0.381 e. The molecule has 0 atom stereocenters. The molecule has 100 valence electrons. The van der Waals surface area contributed by atoms with E-state index in [0.717, 1.165) is 11.3 Å². The molecule has 0 amide bonds. The fourth-order valence-corrected chi connectivity index (χ4v) is 1.96. The van der Waals surface area contributed by atoms with E-state index in [1.807, 2.05) is 24.3 Å². The van der Waals surface area contributed by atoms with Crippen molar-refractivity contribution in [1.82, 2.24) is 0 Å². The first-order valence-corrected chi connectivity index (χ1v) is 6.32. The normalized spacial score (nSPS) is 10.5. The molecule has 0 saturated heterocycles. The van der Waals surface area contributed by atoms with Gasteiger partial charge in [0.2, 0.25) is 0 Å². The summed E-state index contributed by atoms with van der Waals surface area (Å²) in [5.74, 6) is -0.298. The fourth-order valence-electron chi connectivity index (χ4n) is 1.80. The zero-order valence-corrected chi connectivity index (χ0v) is 11.4. The average molecular weight is 280 g/mol. The molecule has 2 rings (SSSR count). The molecule has 4 heteroatoms. The molecule has 0 spiro atoms. The minimum Gasteiger partial charge on any atom is -0.381 e. The number of benzene rings is 2. The smallest absolute Gasteiger partial charge is 0.129 e. The van der Waals surface area contributed by atoms with Crippen LogP contribution in [-0.2, 0) is 17.9 Å². The van der Waals surface area contributed by atoms with Crippen LogP contribution in [0.2, 0.25) is 5.02 Å². The van der Waals surface area contributed by atoms with Gasteiger partial charge in [0.05, 0.1) is 6.61 Å². The molecule has 0 fully saturated rings. The van der Waals surface area contributed by atoms with Crippen molar-refractivity contribution in [2.24, 2.45) is 0 Å². The molecule has 0 bridgehead atoms. The van der Waals surface area contributed by atoms with Crippen molar-refractivity contribution >= 4 is 17.3 Å². The molecule has 0 unspecified atom stereocenters. The van der Waals surface area contributed by atoms with E-state index in [-0.39, 0.29) is 5.82 Å². The first kappa shape index (κ1) is 13.8. The first-order chi connectivity index (χ1) is 9.19. The zero-order chi connectivity index (χ0) is 13.7. The molecule has 19 heavy (non-hydrogen) atoms. The van der Waals surface area contributed by atoms with Gasteiger partial charge in [0.1, 0.15) is 5.82 Å². The van der Waals surface area contributed by atoms with Crippen LogP contribution in [0.4, 0.5) is 10.1 Å². The van der Waals surface area contributed by atoms with Gasteiger partial charge in [0.15, 0.2) is 0 Å². The van der Waals surface area contributed by atoms with Crippen LogP contribution in [0, 0.1) is 5.82 Å². The van der Waals surface area contributed by atoms with Gasteiger partial charge in [-0.2, -0.15) is 0 Å². The van der Waals surface area contributed by atoms with Crippen LogP contribution in [0.5, 0.6) is 0 Å². The highest BCUT2D eigenvalue weighted by Crippen LogP contribution is 2.17. The van der Waals surface area contributed by atoms with Crippen molar-refractivity contribution in [2.45, 2.75) is 13.2 Å². The number of rotatable bonds is 5. The highest BCUT2D eigenvalue weighted by molar-refractivity contribution is 6.30. The fraction of sp³-hybridized carbons (Fsp3) is 0.200. The van der Waals surface area contributed by atoms with E-state index in [1.54, 1.807) is 19.2 Å². The summed E-state index contributed by atoms with van der Waals surface area (Å²) in [6.45, 7) is 0.976. The summed E-state index contributed by atoms with van der Waals surface area (Å²) in [5, 5.41) is 3.59. The Morgan fingerprint density at radius 1 is 1.21 bits per heavy atom. The molecular weight excluding hydrogens is 265 g/mol.